The molecule has 1 aliphatic carbocycles. The lowest BCUT2D eigenvalue weighted by molar-refractivity contribution is -0.132. The van der Waals surface area contributed by atoms with E-state index in [-0.39, 0.29) is 5.41 Å². The molecule has 0 amide bonds. The Bertz CT molecular complexity index is 851. The summed E-state index contributed by atoms with van der Waals surface area (Å²) in [5.74, 6) is 1.61. The third kappa shape index (κ3) is 4.61. The minimum atomic E-state index is -0.174. The molecule has 1 saturated carbocycles. The summed E-state index contributed by atoms with van der Waals surface area (Å²) in [6.45, 7) is 11.3. The molecule has 152 valence electrons. The minimum absolute atomic E-state index is 0.174. The number of rotatable bonds is 8. The summed E-state index contributed by atoms with van der Waals surface area (Å²) < 4.78 is 10.4. The maximum absolute atomic E-state index is 10.8. The van der Waals surface area contributed by atoms with Gasteiger partial charge < -0.3 is 9.47 Å². The fourth-order valence-electron chi connectivity index (χ4n) is 4.55. The summed E-state index contributed by atoms with van der Waals surface area (Å²) in [6, 6.07) is 16.9. The van der Waals surface area contributed by atoms with Gasteiger partial charge in [-0.25, -0.2) is 0 Å². The summed E-state index contributed by atoms with van der Waals surface area (Å²) in [5, 5.41) is 0. The molecule has 0 radical (unpaired) electrons. The van der Waals surface area contributed by atoms with Gasteiger partial charge in [-0.2, -0.15) is 0 Å². The predicted octanol–water partition coefficient (Wildman–Crippen LogP) is 6.17. The lowest BCUT2D eigenvalue weighted by Crippen LogP contribution is -2.35. The molecule has 3 rings (SSSR count). The van der Waals surface area contributed by atoms with Crippen molar-refractivity contribution >= 4 is 6.47 Å². The van der Waals surface area contributed by atoms with Crippen LogP contribution >= 0.6 is 0 Å². The summed E-state index contributed by atoms with van der Waals surface area (Å²) in [6.07, 6.45) is 4.87. The Morgan fingerprint density at radius 1 is 1.14 bits per heavy atom. The van der Waals surface area contributed by atoms with Crippen LogP contribution in [-0.4, -0.2) is 20.2 Å². The maximum Gasteiger partial charge on any atom is 0.293 e. The number of carbonyl (C=O) groups is 1. The van der Waals surface area contributed by atoms with Crippen molar-refractivity contribution in [3.63, 3.8) is 0 Å². The van der Waals surface area contributed by atoms with E-state index in [1.54, 1.807) is 7.11 Å². The van der Waals surface area contributed by atoms with E-state index in [9.17, 15) is 4.79 Å². The van der Waals surface area contributed by atoms with E-state index in [0.717, 1.165) is 30.6 Å². The molecule has 29 heavy (non-hydrogen) atoms. The van der Waals surface area contributed by atoms with E-state index in [0.29, 0.717) is 24.9 Å². The van der Waals surface area contributed by atoms with Crippen LogP contribution in [0.5, 0.6) is 5.75 Å². The van der Waals surface area contributed by atoms with Gasteiger partial charge in [0.1, 0.15) is 12.4 Å². The number of allylic oxidation sites excluding steroid dienone is 1. The van der Waals surface area contributed by atoms with Gasteiger partial charge in [0.25, 0.3) is 6.47 Å². The molecule has 0 saturated heterocycles. The zero-order valence-electron chi connectivity index (χ0n) is 17.4. The average Bonchev–Trinajstić information content (AvgIpc) is 2.77. The lowest BCUT2D eigenvalue weighted by atomic mass is 9.62. The number of carbonyl (C=O) groups excluding carboxylic acids is 1. The number of ether oxygens (including phenoxy) is 2. The van der Waals surface area contributed by atoms with E-state index in [2.05, 4.69) is 56.5 Å². The summed E-state index contributed by atoms with van der Waals surface area (Å²) in [7, 11) is 1.68. The molecule has 2 aromatic rings. The molecule has 3 nitrogen and oxygen atoms in total. The second-order valence-corrected chi connectivity index (χ2v) is 8.13. The van der Waals surface area contributed by atoms with Crippen molar-refractivity contribution in [2.24, 2.45) is 11.3 Å². The average molecular weight is 391 g/mol. The Kier molecular flexibility index (Phi) is 6.58. The standard InChI is InChI=1S/C26H30O3/c1-5-26(17-29-18-27)15-14-24(19(2)3)25(16-26)22-8-6-20(7-9-22)21-10-12-23(28-4)13-11-21/h5-13,18,24-25H,1-2,14-17H2,3-4H3/t24-,25-,26-/m0/s1. The lowest BCUT2D eigenvalue weighted by Gasteiger charge is -2.43. The smallest absolute Gasteiger partial charge is 0.293 e. The maximum atomic E-state index is 10.8. The van der Waals surface area contributed by atoms with Gasteiger partial charge in [0.15, 0.2) is 0 Å². The first kappa shape index (κ1) is 20.9. The van der Waals surface area contributed by atoms with E-state index in [1.807, 2.05) is 18.2 Å². The minimum Gasteiger partial charge on any atom is -0.497 e. The number of hydrogen-bond acceptors (Lipinski definition) is 3. The van der Waals surface area contributed by atoms with Crippen LogP contribution in [0.3, 0.4) is 0 Å². The van der Waals surface area contributed by atoms with Crippen molar-refractivity contribution < 1.29 is 14.3 Å². The highest BCUT2D eigenvalue weighted by Crippen LogP contribution is 2.50. The monoisotopic (exact) mass is 390 g/mol. The van der Waals surface area contributed by atoms with Crippen LogP contribution < -0.4 is 4.74 Å². The second kappa shape index (κ2) is 9.13. The molecule has 1 aliphatic rings. The molecule has 0 N–H and O–H groups in total. The first-order valence-electron chi connectivity index (χ1n) is 10.1. The van der Waals surface area contributed by atoms with Gasteiger partial charge in [0, 0.05) is 5.41 Å². The van der Waals surface area contributed by atoms with Gasteiger partial charge in [-0.15, -0.1) is 6.58 Å². The van der Waals surface area contributed by atoms with Crippen molar-refractivity contribution in [1.82, 2.24) is 0 Å². The van der Waals surface area contributed by atoms with Crippen LogP contribution in [-0.2, 0) is 9.53 Å². The molecule has 1 fully saturated rings. The number of hydrogen-bond donors (Lipinski definition) is 0. The molecular formula is C26H30O3. The van der Waals surface area contributed by atoms with Gasteiger partial charge in [-0.3, -0.25) is 4.79 Å². The summed E-state index contributed by atoms with van der Waals surface area (Å²) >= 11 is 0. The van der Waals surface area contributed by atoms with Gasteiger partial charge in [0.05, 0.1) is 7.11 Å². The first-order chi connectivity index (χ1) is 14.0. The zero-order valence-corrected chi connectivity index (χ0v) is 17.4. The van der Waals surface area contributed by atoms with Crippen molar-refractivity contribution in [3.05, 3.63) is 78.9 Å². The third-order valence-electron chi connectivity index (χ3n) is 6.33. The molecule has 0 aliphatic heterocycles. The largest absolute Gasteiger partial charge is 0.497 e. The van der Waals surface area contributed by atoms with Gasteiger partial charge in [-0.1, -0.05) is 54.6 Å². The number of benzene rings is 2. The first-order valence-corrected chi connectivity index (χ1v) is 10.1. The molecule has 0 spiro atoms. The number of methoxy groups -OCH3 is 1. The van der Waals surface area contributed by atoms with Crippen molar-refractivity contribution in [3.8, 4) is 16.9 Å². The third-order valence-corrected chi connectivity index (χ3v) is 6.33. The van der Waals surface area contributed by atoms with Crippen LogP contribution in [0.25, 0.3) is 11.1 Å². The van der Waals surface area contributed by atoms with Crippen LogP contribution in [0.1, 0.15) is 37.7 Å². The highest BCUT2D eigenvalue weighted by molar-refractivity contribution is 5.64. The van der Waals surface area contributed by atoms with E-state index in [1.165, 1.54) is 16.7 Å². The molecular weight excluding hydrogens is 360 g/mol. The van der Waals surface area contributed by atoms with Crippen LogP contribution in [0.4, 0.5) is 0 Å². The zero-order chi connectivity index (χ0) is 20.9. The van der Waals surface area contributed by atoms with E-state index >= 15 is 0 Å². The van der Waals surface area contributed by atoms with Gasteiger partial charge in [-0.05, 0) is 66.8 Å². The van der Waals surface area contributed by atoms with E-state index < -0.39 is 0 Å². The fourth-order valence-corrected chi connectivity index (χ4v) is 4.55. The second-order valence-electron chi connectivity index (χ2n) is 8.13. The Labute approximate surface area is 174 Å². The Morgan fingerprint density at radius 2 is 1.76 bits per heavy atom. The van der Waals surface area contributed by atoms with Crippen molar-refractivity contribution in [2.75, 3.05) is 13.7 Å². The van der Waals surface area contributed by atoms with Crippen molar-refractivity contribution in [2.45, 2.75) is 32.1 Å². The predicted molar refractivity (Wildman–Crippen MR) is 118 cm³/mol. The molecule has 3 heteroatoms. The highest BCUT2D eigenvalue weighted by atomic mass is 16.5. The molecule has 3 atom stereocenters. The Hall–Kier alpha value is -2.81. The fraction of sp³-hybridized carbons (Fsp3) is 0.346. The van der Waals surface area contributed by atoms with Crippen LogP contribution in [0.2, 0.25) is 0 Å². The topological polar surface area (TPSA) is 35.5 Å². The molecule has 0 heterocycles. The SMILES string of the molecule is C=C[C@]1(COC=O)CC[C@@H](C(=C)C)[C@H](c2ccc(-c3ccc(OC)cc3)cc2)C1. The highest BCUT2D eigenvalue weighted by Gasteiger charge is 2.40. The van der Waals surface area contributed by atoms with Crippen LogP contribution in [0, 0.1) is 11.3 Å². The normalized spacial score (nSPS) is 23.8. The Morgan fingerprint density at radius 3 is 2.28 bits per heavy atom. The van der Waals surface area contributed by atoms with Gasteiger partial charge in [0.2, 0.25) is 0 Å². The summed E-state index contributed by atoms with van der Waals surface area (Å²) in [5.41, 5.74) is 4.68. The molecule has 2 aromatic carbocycles. The Balaban J connectivity index is 1.87. The molecule has 0 aromatic heterocycles. The van der Waals surface area contributed by atoms with Crippen molar-refractivity contribution in [1.29, 1.82) is 0 Å². The van der Waals surface area contributed by atoms with Crippen LogP contribution in [0.15, 0.2) is 73.3 Å². The summed E-state index contributed by atoms with van der Waals surface area (Å²) in [4.78, 5) is 10.8. The van der Waals surface area contributed by atoms with E-state index in [4.69, 9.17) is 9.47 Å². The van der Waals surface area contributed by atoms with Gasteiger partial charge >= 0.3 is 0 Å². The molecule has 0 unspecified atom stereocenters. The molecule has 0 bridgehead atoms. The quantitative estimate of drug-likeness (QED) is 0.399.